The molecule has 1 aliphatic rings. The van der Waals surface area contributed by atoms with Gasteiger partial charge in [-0.05, 0) is 51.4 Å². The molecule has 0 amide bonds. The van der Waals surface area contributed by atoms with Crippen molar-refractivity contribution in [3.63, 3.8) is 0 Å². The van der Waals surface area contributed by atoms with Crippen molar-refractivity contribution < 1.29 is 8.42 Å². The monoisotopic (exact) mass is 291 g/mol. The first-order chi connectivity index (χ1) is 8.70. The molecule has 0 unspecified atom stereocenters. The molecule has 6 heteroatoms. The number of nitrogens with one attached hydrogen (secondary N) is 2. The first kappa shape index (κ1) is 16.9. The van der Waals surface area contributed by atoms with Gasteiger partial charge in [0.05, 0.1) is 5.75 Å². The Balaban J connectivity index is 2.41. The Kier molecular flexibility index (Phi) is 6.23. The van der Waals surface area contributed by atoms with Crippen LogP contribution < -0.4 is 10.0 Å². The van der Waals surface area contributed by atoms with Gasteiger partial charge < -0.3 is 10.2 Å². The zero-order chi connectivity index (χ0) is 14.5. The van der Waals surface area contributed by atoms with Crippen LogP contribution in [0.2, 0.25) is 0 Å². The topological polar surface area (TPSA) is 61.4 Å². The summed E-state index contributed by atoms with van der Waals surface area (Å²) in [5.41, 5.74) is -0.0509. The summed E-state index contributed by atoms with van der Waals surface area (Å²) >= 11 is 0. The van der Waals surface area contributed by atoms with Crippen molar-refractivity contribution >= 4 is 10.0 Å². The number of hydrogen-bond acceptors (Lipinski definition) is 4. The molecule has 0 atom stereocenters. The van der Waals surface area contributed by atoms with Crippen LogP contribution in [0, 0.1) is 11.3 Å². The lowest BCUT2D eigenvalue weighted by Crippen LogP contribution is -2.42. The van der Waals surface area contributed by atoms with Crippen LogP contribution >= 0.6 is 0 Å². The lowest BCUT2D eigenvalue weighted by atomic mass is 9.93. The van der Waals surface area contributed by atoms with Crippen molar-refractivity contribution in [2.24, 2.45) is 11.3 Å². The van der Waals surface area contributed by atoms with Gasteiger partial charge in [-0.1, -0.05) is 13.8 Å². The summed E-state index contributed by atoms with van der Waals surface area (Å²) in [7, 11) is 0.864. The maximum atomic E-state index is 12.1. The lowest BCUT2D eigenvalue weighted by molar-refractivity contribution is 0.242. The summed E-state index contributed by atoms with van der Waals surface area (Å²) in [6, 6.07) is 0. The van der Waals surface area contributed by atoms with Gasteiger partial charge in [0, 0.05) is 13.1 Å². The third kappa shape index (κ3) is 7.25. The number of hydrogen-bond donors (Lipinski definition) is 2. The molecule has 1 rings (SSSR count). The van der Waals surface area contributed by atoms with Gasteiger partial charge >= 0.3 is 0 Å². The summed E-state index contributed by atoms with van der Waals surface area (Å²) in [4.78, 5) is 2.08. The van der Waals surface area contributed by atoms with E-state index in [1.165, 1.54) is 0 Å². The lowest BCUT2D eigenvalue weighted by Gasteiger charge is -2.29. The minimum absolute atomic E-state index is 0.0509. The first-order valence-corrected chi connectivity index (χ1v) is 8.68. The molecule has 1 aliphatic heterocycles. The largest absolute Gasteiger partial charge is 0.317 e. The molecular weight excluding hydrogens is 262 g/mol. The minimum atomic E-state index is -3.15. The van der Waals surface area contributed by atoms with Gasteiger partial charge in [0.2, 0.25) is 10.0 Å². The molecule has 1 fully saturated rings. The fourth-order valence-electron chi connectivity index (χ4n) is 2.63. The zero-order valence-corrected chi connectivity index (χ0v) is 13.5. The molecule has 0 aromatic rings. The van der Waals surface area contributed by atoms with Crippen molar-refractivity contribution in [3.8, 4) is 0 Å². The highest BCUT2D eigenvalue weighted by Gasteiger charge is 2.25. The molecule has 114 valence electrons. The van der Waals surface area contributed by atoms with E-state index in [-0.39, 0.29) is 11.2 Å². The van der Waals surface area contributed by atoms with Gasteiger partial charge in [-0.15, -0.1) is 0 Å². The van der Waals surface area contributed by atoms with E-state index < -0.39 is 10.0 Å². The Morgan fingerprint density at radius 3 is 2.37 bits per heavy atom. The van der Waals surface area contributed by atoms with Crippen LogP contribution in [0.3, 0.4) is 0 Å². The van der Waals surface area contributed by atoms with Gasteiger partial charge in [0.15, 0.2) is 0 Å². The molecule has 0 bridgehead atoms. The summed E-state index contributed by atoms with van der Waals surface area (Å²) in [5, 5.41) is 3.26. The van der Waals surface area contributed by atoms with E-state index in [1.807, 2.05) is 14.1 Å². The van der Waals surface area contributed by atoms with Gasteiger partial charge in [-0.25, -0.2) is 13.1 Å². The summed E-state index contributed by atoms with van der Waals surface area (Å²) in [5.74, 6) is 0.572. The summed E-state index contributed by atoms with van der Waals surface area (Å²) in [6.45, 7) is 7.40. The highest BCUT2D eigenvalue weighted by atomic mass is 32.2. The molecule has 0 aliphatic carbocycles. The second-order valence-electron chi connectivity index (χ2n) is 6.70. The molecule has 1 heterocycles. The average Bonchev–Trinajstić information content (AvgIpc) is 2.26. The van der Waals surface area contributed by atoms with Crippen molar-refractivity contribution in [2.45, 2.75) is 26.7 Å². The second kappa shape index (κ2) is 7.02. The fourth-order valence-corrected chi connectivity index (χ4v) is 4.32. The molecule has 19 heavy (non-hydrogen) atoms. The fraction of sp³-hybridized carbons (Fsp3) is 1.00. The van der Waals surface area contributed by atoms with Gasteiger partial charge in [0.25, 0.3) is 0 Å². The van der Waals surface area contributed by atoms with Crippen molar-refractivity contribution in [2.75, 3.05) is 46.0 Å². The average molecular weight is 291 g/mol. The maximum Gasteiger partial charge on any atom is 0.211 e. The normalized spacial score (nSPS) is 19.0. The molecule has 0 aromatic carbocycles. The van der Waals surface area contributed by atoms with Gasteiger partial charge in [-0.3, -0.25) is 0 Å². The standard InChI is InChI=1S/C13H29N3O2S/c1-13(2,11-16(3)4)10-15-19(17,18)9-12-5-7-14-8-6-12/h12,14-15H,5-11H2,1-4H3. The molecule has 0 radical (unpaired) electrons. The third-order valence-electron chi connectivity index (χ3n) is 3.43. The van der Waals surface area contributed by atoms with Crippen LogP contribution in [-0.2, 0) is 10.0 Å². The Labute approximate surface area is 118 Å². The van der Waals surface area contributed by atoms with Crippen LogP contribution in [0.5, 0.6) is 0 Å². The molecule has 0 aromatic heterocycles. The highest BCUT2D eigenvalue weighted by molar-refractivity contribution is 7.89. The Hall–Kier alpha value is -0.170. The highest BCUT2D eigenvalue weighted by Crippen LogP contribution is 2.17. The first-order valence-electron chi connectivity index (χ1n) is 7.03. The van der Waals surface area contributed by atoms with Crippen LogP contribution in [0.25, 0.3) is 0 Å². The van der Waals surface area contributed by atoms with E-state index in [4.69, 9.17) is 0 Å². The number of sulfonamides is 1. The maximum absolute atomic E-state index is 12.1. The zero-order valence-electron chi connectivity index (χ0n) is 12.7. The molecule has 0 saturated carbocycles. The van der Waals surface area contributed by atoms with E-state index in [1.54, 1.807) is 0 Å². The molecular formula is C13H29N3O2S. The Bertz CT molecular complexity index is 360. The quantitative estimate of drug-likeness (QED) is 0.717. The predicted molar refractivity (Wildman–Crippen MR) is 79.7 cm³/mol. The van der Waals surface area contributed by atoms with Crippen LogP contribution in [0.4, 0.5) is 0 Å². The summed E-state index contributed by atoms with van der Waals surface area (Å²) < 4.78 is 26.9. The van der Waals surface area contributed by atoms with Crippen molar-refractivity contribution in [1.29, 1.82) is 0 Å². The SMILES string of the molecule is CN(C)CC(C)(C)CNS(=O)(=O)CC1CCNCC1. The summed E-state index contributed by atoms with van der Waals surface area (Å²) in [6.07, 6.45) is 1.92. The smallest absolute Gasteiger partial charge is 0.211 e. The van der Waals surface area contributed by atoms with Crippen molar-refractivity contribution in [3.05, 3.63) is 0 Å². The third-order valence-corrected chi connectivity index (χ3v) is 4.92. The molecule has 0 spiro atoms. The number of piperidine rings is 1. The number of rotatable bonds is 7. The Morgan fingerprint density at radius 1 is 1.26 bits per heavy atom. The van der Waals surface area contributed by atoms with Crippen LogP contribution in [0.1, 0.15) is 26.7 Å². The molecule has 5 nitrogen and oxygen atoms in total. The van der Waals surface area contributed by atoms with Crippen LogP contribution in [-0.4, -0.2) is 59.3 Å². The number of nitrogens with zero attached hydrogens (tertiary/aromatic N) is 1. The predicted octanol–water partition coefficient (Wildman–Crippen LogP) is 0.493. The van der Waals surface area contributed by atoms with E-state index in [2.05, 4.69) is 28.8 Å². The van der Waals surface area contributed by atoms with Crippen molar-refractivity contribution in [1.82, 2.24) is 14.9 Å². The van der Waals surface area contributed by atoms with Crippen LogP contribution in [0.15, 0.2) is 0 Å². The van der Waals surface area contributed by atoms with E-state index in [9.17, 15) is 8.42 Å². The Morgan fingerprint density at radius 2 is 1.84 bits per heavy atom. The van der Waals surface area contributed by atoms with Gasteiger partial charge in [0.1, 0.15) is 0 Å². The van der Waals surface area contributed by atoms with E-state index >= 15 is 0 Å². The van der Waals surface area contributed by atoms with E-state index in [0.29, 0.717) is 12.5 Å². The minimum Gasteiger partial charge on any atom is -0.317 e. The van der Waals surface area contributed by atoms with Gasteiger partial charge in [-0.2, -0.15) is 0 Å². The second-order valence-corrected chi connectivity index (χ2v) is 8.55. The molecule has 1 saturated heterocycles. The molecule has 2 N–H and O–H groups in total. The van der Waals surface area contributed by atoms with E-state index in [0.717, 1.165) is 32.5 Å².